The highest BCUT2D eigenvalue weighted by Gasteiger charge is 2.57. The Morgan fingerprint density at radius 3 is 2.48 bits per heavy atom. The van der Waals surface area contributed by atoms with Crippen molar-refractivity contribution in [2.75, 3.05) is 47.9 Å². The molecule has 3 aliphatic rings. The molecule has 0 aromatic heterocycles. The first-order valence-electron chi connectivity index (χ1n) is 9.05. The van der Waals surface area contributed by atoms with Gasteiger partial charge in [0.05, 0.1) is 11.5 Å². The van der Waals surface area contributed by atoms with E-state index in [1.165, 1.54) is 0 Å². The number of halogens is 2. The normalized spacial score (nSPS) is 25.0. The maximum absolute atomic E-state index is 12.6. The fourth-order valence-electron chi connectivity index (χ4n) is 4.18. The quantitative estimate of drug-likeness (QED) is 0.759. The van der Waals surface area contributed by atoms with Gasteiger partial charge in [-0.3, -0.25) is 4.79 Å². The van der Waals surface area contributed by atoms with Gasteiger partial charge in [0.25, 0.3) is 0 Å². The minimum Gasteiger partial charge on any atom is -0.369 e. The Hall–Kier alpha value is -1.02. The van der Waals surface area contributed by atoms with Crippen molar-refractivity contribution in [1.82, 2.24) is 5.32 Å². The smallest absolute Gasteiger partial charge is 0.228 e. The molecule has 1 unspecified atom stereocenters. The molecule has 2 N–H and O–H groups in total. The number of anilines is 2. The van der Waals surface area contributed by atoms with E-state index in [1.54, 1.807) is 0 Å². The van der Waals surface area contributed by atoms with Crippen molar-refractivity contribution in [2.45, 2.75) is 19.3 Å². The van der Waals surface area contributed by atoms with Gasteiger partial charge >= 0.3 is 0 Å². The number of sulfone groups is 1. The van der Waals surface area contributed by atoms with E-state index >= 15 is 0 Å². The molecule has 1 amide bonds. The molecule has 1 saturated carbocycles. The zero-order valence-corrected chi connectivity index (χ0v) is 17.6. The summed E-state index contributed by atoms with van der Waals surface area (Å²) in [4.78, 5) is 14.7. The van der Waals surface area contributed by atoms with Crippen LogP contribution in [0.4, 0.5) is 11.4 Å². The van der Waals surface area contributed by atoms with E-state index < -0.39 is 9.84 Å². The molecule has 27 heavy (non-hydrogen) atoms. The molecule has 1 spiro atoms. The summed E-state index contributed by atoms with van der Waals surface area (Å²) >= 11 is 0. The Morgan fingerprint density at radius 1 is 1.15 bits per heavy atom. The van der Waals surface area contributed by atoms with E-state index in [-0.39, 0.29) is 53.6 Å². The first-order valence-corrected chi connectivity index (χ1v) is 10.9. The number of nitrogens with one attached hydrogen (secondary N) is 2. The molecule has 1 aromatic rings. The zero-order chi connectivity index (χ0) is 17.5. The molecule has 0 bridgehead atoms. The van der Waals surface area contributed by atoms with Crippen molar-refractivity contribution in [3.63, 3.8) is 0 Å². The third-order valence-corrected chi connectivity index (χ3v) is 7.54. The maximum atomic E-state index is 12.6. The molecule has 1 atom stereocenters. The minimum absolute atomic E-state index is 0. The predicted molar refractivity (Wildman–Crippen MR) is 113 cm³/mol. The fourth-order valence-corrected chi connectivity index (χ4v) is 5.38. The fraction of sp³-hybridized carbons (Fsp3) is 0.611. The van der Waals surface area contributed by atoms with Crippen molar-refractivity contribution in [2.24, 2.45) is 11.3 Å². The van der Waals surface area contributed by atoms with E-state index in [0.717, 1.165) is 43.7 Å². The molecular formula is C18H27Cl2N3O3S. The van der Waals surface area contributed by atoms with Crippen molar-refractivity contribution in [3.05, 3.63) is 24.3 Å². The van der Waals surface area contributed by atoms with Gasteiger partial charge in [0, 0.05) is 30.4 Å². The highest BCUT2D eigenvalue weighted by atomic mass is 35.5. The first kappa shape index (κ1) is 22.3. The molecular weight excluding hydrogens is 409 g/mol. The molecule has 152 valence electrons. The summed E-state index contributed by atoms with van der Waals surface area (Å²) in [6.07, 6.45) is 3.19. The SMILES string of the molecule is Cl.Cl.O=C(Nc1cccc(N2CCS(=O)(=O)CC2)c1)C1CC12CCNCC2. The Labute approximate surface area is 173 Å². The van der Waals surface area contributed by atoms with Crippen molar-refractivity contribution in [1.29, 1.82) is 0 Å². The molecule has 1 aliphatic carbocycles. The Balaban J connectivity index is 0.00000131. The largest absolute Gasteiger partial charge is 0.369 e. The molecule has 6 nitrogen and oxygen atoms in total. The Bertz CT molecular complexity index is 768. The molecule has 2 aliphatic heterocycles. The third kappa shape index (κ3) is 4.88. The summed E-state index contributed by atoms with van der Waals surface area (Å²) in [5, 5.41) is 6.43. The molecule has 4 rings (SSSR count). The summed E-state index contributed by atoms with van der Waals surface area (Å²) in [7, 11) is -2.89. The van der Waals surface area contributed by atoms with E-state index in [1.807, 2.05) is 24.3 Å². The minimum atomic E-state index is -2.89. The predicted octanol–water partition coefficient (Wildman–Crippen LogP) is 2.09. The van der Waals surface area contributed by atoms with Gasteiger partial charge in [-0.25, -0.2) is 8.42 Å². The van der Waals surface area contributed by atoms with Crippen LogP contribution in [-0.2, 0) is 14.6 Å². The first-order chi connectivity index (χ1) is 12.0. The number of hydrogen-bond acceptors (Lipinski definition) is 5. The van der Waals surface area contributed by atoms with Gasteiger partial charge in [-0.1, -0.05) is 6.07 Å². The van der Waals surface area contributed by atoms with E-state index in [0.29, 0.717) is 13.1 Å². The van der Waals surface area contributed by atoms with Crippen LogP contribution in [0.3, 0.4) is 0 Å². The second kappa shape index (κ2) is 8.55. The topological polar surface area (TPSA) is 78.5 Å². The van der Waals surface area contributed by atoms with Crippen LogP contribution in [0.1, 0.15) is 19.3 Å². The van der Waals surface area contributed by atoms with Crippen molar-refractivity contribution in [3.8, 4) is 0 Å². The summed E-state index contributed by atoms with van der Waals surface area (Å²) in [5.41, 5.74) is 2.00. The van der Waals surface area contributed by atoms with Crippen LogP contribution in [0.15, 0.2) is 24.3 Å². The van der Waals surface area contributed by atoms with Gasteiger partial charge in [-0.2, -0.15) is 0 Å². The van der Waals surface area contributed by atoms with Crippen molar-refractivity contribution < 1.29 is 13.2 Å². The maximum Gasteiger partial charge on any atom is 0.228 e. The van der Waals surface area contributed by atoms with Crippen LogP contribution >= 0.6 is 24.8 Å². The number of rotatable bonds is 3. The number of amides is 1. The molecule has 1 aromatic carbocycles. The second-order valence-corrected chi connectivity index (χ2v) is 9.85. The van der Waals surface area contributed by atoms with Gasteiger partial charge in [0.1, 0.15) is 0 Å². The Morgan fingerprint density at radius 2 is 1.81 bits per heavy atom. The van der Waals surface area contributed by atoms with Gasteiger partial charge in [0.2, 0.25) is 5.91 Å². The number of carbonyl (C=O) groups is 1. The van der Waals surface area contributed by atoms with Crippen LogP contribution < -0.4 is 15.5 Å². The Kier molecular flexibility index (Phi) is 7.06. The average molecular weight is 436 g/mol. The number of piperidine rings is 1. The second-order valence-electron chi connectivity index (χ2n) is 7.55. The third-order valence-electron chi connectivity index (χ3n) is 5.93. The average Bonchev–Trinajstić information content (AvgIpc) is 3.29. The lowest BCUT2D eigenvalue weighted by Gasteiger charge is -2.29. The summed E-state index contributed by atoms with van der Waals surface area (Å²) < 4.78 is 23.2. The van der Waals surface area contributed by atoms with Gasteiger partial charge in [-0.15, -0.1) is 24.8 Å². The summed E-state index contributed by atoms with van der Waals surface area (Å²) in [6.45, 7) is 3.05. The van der Waals surface area contributed by atoms with Gasteiger partial charge in [0.15, 0.2) is 9.84 Å². The van der Waals surface area contributed by atoms with E-state index in [2.05, 4.69) is 15.5 Å². The lowest BCUT2D eigenvalue weighted by Crippen LogP contribution is -2.40. The summed E-state index contributed by atoms with van der Waals surface area (Å²) in [5.74, 6) is 0.656. The summed E-state index contributed by atoms with van der Waals surface area (Å²) in [6, 6.07) is 7.74. The van der Waals surface area contributed by atoms with Crippen LogP contribution in [0.5, 0.6) is 0 Å². The zero-order valence-electron chi connectivity index (χ0n) is 15.1. The highest BCUT2D eigenvalue weighted by molar-refractivity contribution is 7.91. The van der Waals surface area contributed by atoms with Gasteiger partial charge in [-0.05, 0) is 56.0 Å². The molecule has 0 radical (unpaired) electrons. The molecule has 2 heterocycles. The van der Waals surface area contributed by atoms with Crippen LogP contribution in [0, 0.1) is 11.3 Å². The standard InChI is InChI=1S/C18H25N3O3S.2ClH/c22-17(16-13-18(16)4-6-19-7-5-18)20-14-2-1-3-15(12-14)21-8-10-25(23,24)11-9-21;;/h1-3,12,16,19H,4-11,13H2,(H,20,22);2*1H. The van der Waals surface area contributed by atoms with Crippen LogP contribution in [0.2, 0.25) is 0 Å². The van der Waals surface area contributed by atoms with Crippen LogP contribution in [-0.4, -0.2) is 52.0 Å². The number of hydrogen-bond donors (Lipinski definition) is 2. The van der Waals surface area contributed by atoms with E-state index in [4.69, 9.17) is 0 Å². The van der Waals surface area contributed by atoms with E-state index in [9.17, 15) is 13.2 Å². The highest BCUT2D eigenvalue weighted by Crippen LogP contribution is 2.58. The molecule has 9 heteroatoms. The number of nitrogens with zero attached hydrogens (tertiary/aromatic N) is 1. The molecule has 2 saturated heterocycles. The monoisotopic (exact) mass is 435 g/mol. The molecule has 3 fully saturated rings. The lowest BCUT2D eigenvalue weighted by atomic mass is 9.92. The lowest BCUT2D eigenvalue weighted by molar-refractivity contribution is -0.118. The van der Waals surface area contributed by atoms with Gasteiger partial charge < -0.3 is 15.5 Å². The number of carbonyl (C=O) groups excluding carboxylic acids is 1. The van der Waals surface area contributed by atoms with Crippen molar-refractivity contribution >= 4 is 51.9 Å². The van der Waals surface area contributed by atoms with Crippen LogP contribution in [0.25, 0.3) is 0 Å². The number of benzene rings is 1.